The highest BCUT2D eigenvalue weighted by Gasteiger charge is 2.26. The number of methoxy groups -OCH3 is 1. The highest BCUT2D eigenvalue weighted by molar-refractivity contribution is 5.36. The van der Waals surface area contributed by atoms with Crippen LogP contribution in [0, 0.1) is 0 Å². The van der Waals surface area contributed by atoms with Crippen molar-refractivity contribution in [1.82, 2.24) is 20.0 Å². The molecule has 0 saturated carbocycles. The fourth-order valence-corrected chi connectivity index (χ4v) is 3.17. The van der Waals surface area contributed by atoms with Gasteiger partial charge in [-0.05, 0) is 19.1 Å². The predicted molar refractivity (Wildman–Crippen MR) is 86.9 cm³/mol. The van der Waals surface area contributed by atoms with E-state index in [4.69, 9.17) is 4.74 Å². The van der Waals surface area contributed by atoms with E-state index in [1.165, 1.54) is 11.3 Å². The smallest absolute Gasteiger partial charge is 0.123 e. The molecule has 0 spiro atoms. The van der Waals surface area contributed by atoms with E-state index in [9.17, 15) is 0 Å². The van der Waals surface area contributed by atoms with E-state index >= 15 is 0 Å². The standard InChI is InChI=1S/C17H24N4O/c1-3-21-14(8-9-19-21)13-20-11-10-18-12-16(20)15-6-4-5-7-17(15)22-2/h4-9,16,18H,3,10-13H2,1-2H3. The molecule has 1 aromatic carbocycles. The summed E-state index contributed by atoms with van der Waals surface area (Å²) in [5, 5.41) is 7.88. The Balaban J connectivity index is 1.85. The third-order valence-corrected chi connectivity index (χ3v) is 4.32. The molecule has 3 rings (SSSR count). The molecule has 2 heterocycles. The number of benzene rings is 1. The highest BCUT2D eigenvalue weighted by Crippen LogP contribution is 2.31. The Bertz CT molecular complexity index is 610. The molecular formula is C17H24N4O. The summed E-state index contributed by atoms with van der Waals surface area (Å²) in [4.78, 5) is 2.51. The van der Waals surface area contributed by atoms with Crippen LogP contribution in [0.3, 0.4) is 0 Å². The SMILES string of the molecule is CCn1nccc1CN1CCNCC1c1ccccc1OC. The Morgan fingerprint density at radius 1 is 1.32 bits per heavy atom. The van der Waals surface area contributed by atoms with Crippen molar-refractivity contribution < 1.29 is 4.74 Å². The molecule has 0 bridgehead atoms. The first-order chi connectivity index (χ1) is 10.8. The topological polar surface area (TPSA) is 42.3 Å². The maximum atomic E-state index is 5.55. The first-order valence-corrected chi connectivity index (χ1v) is 7.92. The normalized spacial score (nSPS) is 19.3. The summed E-state index contributed by atoms with van der Waals surface area (Å²) < 4.78 is 7.63. The summed E-state index contributed by atoms with van der Waals surface area (Å²) in [5.41, 5.74) is 2.52. The average molecular weight is 300 g/mol. The van der Waals surface area contributed by atoms with Crippen molar-refractivity contribution in [2.75, 3.05) is 26.7 Å². The fraction of sp³-hybridized carbons (Fsp3) is 0.471. The second-order valence-electron chi connectivity index (χ2n) is 5.57. The van der Waals surface area contributed by atoms with E-state index < -0.39 is 0 Å². The van der Waals surface area contributed by atoms with Crippen LogP contribution in [0.25, 0.3) is 0 Å². The zero-order chi connectivity index (χ0) is 15.4. The van der Waals surface area contributed by atoms with Crippen molar-refractivity contribution in [3.8, 4) is 5.75 Å². The third-order valence-electron chi connectivity index (χ3n) is 4.32. The average Bonchev–Trinajstić information content (AvgIpc) is 3.02. The minimum atomic E-state index is 0.324. The van der Waals surface area contributed by atoms with Crippen molar-refractivity contribution in [1.29, 1.82) is 0 Å². The van der Waals surface area contributed by atoms with E-state index in [0.717, 1.165) is 38.5 Å². The van der Waals surface area contributed by atoms with Gasteiger partial charge in [0.15, 0.2) is 0 Å². The molecule has 1 aromatic heterocycles. The molecule has 5 heteroatoms. The van der Waals surface area contributed by atoms with E-state index in [1.807, 2.05) is 18.3 Å². The van der Waals surface area contributed by atoms with Crippen molar-refractivity contribution >= 4 is 0 Å². The second kappa shape index (κ2) is 6.94. The molecule has 0 amide bonds. The van der Waals surface area contributed by atoms with Crippen molar-refractivity contribution in [2.24, 2.45) is 0 Å². The van der Waals surface area contributed by atoms with Crippen LogP contribution < -0.4 is 10.1 Å². The van der Waals surface area contributed by atoms with Gasteiger partial charge in [-0.15, -0.1) is 0 Å². The molecule has 1 saturated heterocycles. The van der Waals surface area contributed by atoms with Gasteiger partial charge in [0.05, 0.1) is 18.8 Å². The zero-order valence-electron chi connectivity index (χ0n) is 13.3. The van der Waals surface area contributed by atoms with Crippen LogP contribution in [0.2, 0.25) is 0 Å². The lowest BCUT2D eigenvalue weighted by atomic mass is 10.0. The number of aromatic nitrogens is 2. The second-order valence-corrected chi connectivity index (χ2v) is 5.57. The Labute approximate surface area is 131 Å². The number of piperazine rings is 1. The summed E-state index contributed by atoms with van der Waals surface area (Å²) in [5.74, 6) is 0.963. The van der Waals surface area contributed by atoms with Gasteiger partial charge in [0.2, 0.25) is 0 Å². The highest BCUT2D eigenvalue weighted by atomic mass is 16.5. The number of hydrogen-bond acceptors (Lipinski definition) is 4. The van der Waals surface area contributed by atoms with Crippen LogP contribution >= 0.6 is 0 Å². The summed E-state index contributed by atoms with van der Waals surface area (Å²) in [6.07, 6.45) is 1.89. The Morgan fingerprint density at radius 2 is 2.18 bits per heavy atom. The van der Waals surface area contributed by atoms with Gasteiger partial charge in [-0.3, -0.25) is 9.58 Å². The summed E-state index contributed by atoms with van der Waals surface area (Å²) in [6.45, 7) is 6.95. The number of para-hydroxylation sites is 1. The molecule has 1 aliphatic rings. The lowest BCUT2D eigenvalue weighted by Gasteiger charge is -2.37. The number of hydrogen-bond donors (Lipinski definition) is 1. The van der Waals surface area contributed by atoms with Gasteiger partial charge in [-0.25, -0.2) is 0 Å². The molecule has 22 heavy (non-hydrogen) atoms. The Morgan fingerprint density at radius 3 is 3.00 bits per heavy atom. The van der Waals surface area contributed by atoms with E-state index in [1.54, 1.807) is 7.11 Å². The monoisotopic (exact) mass is 300 g/mol. The maximum Gasteiger partial charge on any atom is 0.123 e. The Kier molecular flexibility index (Phi) is 4.75. The van der Waals surface area contributed by atoms with E-state index in [0.29, 0.717) is 6.04 Å². The van der Waals surface area contributed by atoms with E-state index in [-0.39, 0.29) is 0 Å². The van der Waals surface area contributed by atoms with Crippen molar-refractivity contribution in [2.45, 2.75) is 26.1 Å². The minimum Gasteiger partial charge on any atom is -0.496 e. The molecule has 1 N–H and O–H groups in total. The Hall–Kier alpha value is -1.85. The van der Waals surface area contributed by atoms with Crippen LogP contribution in [0.5, 0.6) is 5.75 Å². The summed E-state index contributed by atoms with van der Waals surface area (Å²) >= 11 is 0. The molecular weight excluding hydrogens is 276 g/mol. The molecule has 1 fully saturated rings. The number of rotatable bonds is 5. The van der Waals surface area contributed by atoms with Gasteiger partial charge in [0.1, 0.15) is 5.75 Å². The zero-order valence-corrected chi connectivity index (χ0v) is 13.3. The fourth-order valence-electron chi connectivity index (χ4n) is 3.17. The molecule has 118 valence electrons. The van der Waals surface area contributed by atoms with E-state index in [2.05, 4.69) is 45.1 Å². The first-order valence-electron chi connectivity index (χ1n) is 7.92. The minimum absolute atomic E-state index is 0.324. The third kappa shape index (κ3) is 3.00. The summed E-state index contributed by atoms with van der Waals surface area (Å²) in [7, 11) is 1.74. The van der Waals surface area contributed by atoms with Crippen LogP contribution in [0.4, 0.5) is 0 Å². The van der Waals surface area contributed by atoms with Gasteiger partial charge in [-0.1, -0.05) is 18.2 Å². The van der Waals surface area contributed by atoms with Crippen molar-refractivity contribution in [3.63, 3.8) is 0 Å². The van der Waals surface area contributed by atoms with Gasteiger partial charge in [-0.2, -0.15) is 5.10 Å². The van der Waals surface area contributed by atoms with Gasteiger partial charge in [0.25, 0.3) is 0 Å². The molecule has 2 aromatic rings. The molecule has 0 radical (unpaired) electrons. The maximum absolute atomic E-state index is 5.55. The quantitative estimate of drug-likeness (QED) is 0.918. The molecule has 1 atom stereocenters. The molecule has 1 unspecified atom stereocenters. The molecule has 0 aliphatic carbocycles. The molecule has 5 nitrogen and oxygen atoms in total. The molecule has 1 aliphatic heterocycles. The number of nitrogens with one attached hydrogen (secondary N) is 1. The van der Waals surface area contributed by atoms with Crippen LogP contribution in [-0.2, 0) is 13.1 Å². The van der Waals surface area contributed by atoms with Crippen LogP contribution in [0.15, 0.2) is 36.5 Å². The van der Waals surface area contributed by atoms with Gasteiger partial charge < -0.3 is 10.1 Å². The van der Waals surface area contributed by atoms with Gasteiger partial charge >= 0.3 is 0 Å². The van der Waals surface area contributed by atoms with Gasteiger partial charge in [0, 0.05) is 44.5 Å². The number of aryl methyl sites for hydroxylation is 1. The largest absolute Gasteiger partial charge is 0.496 e. The van der Waals surface area contributed by atoms with Crippen molar-refractivity contribution in [3.05, 3.63) is 47.8 Å². The van der Waals surface area contributed by atoms with Crippen LogP contribution in [-0.4, -0.2) is 41.4 Å². The lowest BCUT2D eigenvalue weighted by Crippen LogP contribution is -2.45. The number of nitrogens with zero attached hydrogens (tertiary/aromatic N) is 3. The number of ether oxygens (including phenoxy) is 1. The van der Waals surface area contributed by atoms with Crippen LogP contribution in [0.1, 0.15) is 24.2 Å². The lowest BCUT2D eigenvalue weighted by molar-refractivity contribution is 0.147. The predicted octanol–water partition coefficient (Wildman–Crippen LogP) is 2.06. The summed E-state index contributed by atoms with van der Waals surface area (Å²) in [6, 6.07) is 10.8. The first kappa shape index (κ1) is 15.1.